The van der Waals surface area contributed by atoms with Gasteiger partial charge >= 0.3 is 0 Å². The summed E-state index contributed by atoms with van der Waals surface area (Å²) in [7, 11) is 1.93. The van der Waals surface area contributed by atoms with E-state index in [0.29, 0.717) is 13.0 Å². The van der Waals surface area contributed by atoms with Crippen LogP contribution in [0.3, 0.4) is 0 Å². The number of nitrogens with zero attached hydrogens (tertiary/aromatic N) is 4. The Morgan fingerprint density at radius 3 is 2.77 bits per heavy atom. The molecule has 0 radical (unpaired) electrons. The summed E-state index contributed by atoms with van der Waals surface area (Å²) in [6, 6.07) is 0. The molecule has 2 rings (SSSR count). The number of hydrogen-bond acceptors (Lipinski definition) is 3. The molecule has 0 spiro atoms. The molecule has 0 aliphatic heterocycles. The van der Waals surface area contributed by atoms with Crippen LogP contribution >= 0.6 is 0 Å². The highest BCUT2D eigenvalue weighted by Gasteiger charge is 2.11. The lowest BCUT2D eigenvalue weighted by Gasteiger charge is -2.08. The maximum Gasteiger partial charge on any atom is 0.220 e. The zero-order chi connectivity index (χ0) is 16.1. The number of hydrogen-bond donors (Lipinski definition) is 1. The van der Waals surface area contributed by atoms with Crippen molar-refractivity contribution in [3.05, 3.63) is 35.2 Å². The number of carbonyl (C=O) groups is 1. The molecular weight excluding hydrogens is 278 g/mol. The minimum atomic E-state index is 0.0841. The molecule has 1 amide bonds. The lowest BCUT2D eigenvalue weighted by Crippen LogP contribution is -2.27. The molecule has 6 nitrogen and oxygen atoms in total. The third kappa shape index (κ3) is 3.75. The summed E-state index contributed by atoms with van der Waals surface area (Å²) in [5.41, 5.74) is 3.33. The molecule has 0 bridgehead atoms. The van der Waals surface area contributed by atoms with Gasteiger partial charge in [-0.1, -0.05) is 6.92 Å². The summed E-state index contributed by atoms with van der Waals surface area (Å²) in [5, 5.41) is 7.35. The van der Waals surface area contributed by atoms with Gasteiger partial charge in [0.2, 0.25) is 5.91 Å². The van der Waals surface area contributed by atoms with E-state index in [-0.39, 0.29) is 5.91 Å². The highest BCUT2D eigenvalue weighted by molar-refractivity contribution is 5.76. The predicted octanol–water partition coefficient (Wildman–Crippen LogP) is 1.54. The molecule has 1 N–H and O–H groups in total. The van der Waals surface area contributed by atoms with E-state index < -0.39 is 0 Å². The van der Waals surface area contributed by atoms with Crippen LogP contribution in [-0.4, -0.2) is 31.8 Å². The van der Waals surface area contributed by atoms with Crippen LogP contribution in [0.1, 0.15) is 36.1 Å². The van der Waals surface area contributed by atoms with Crippen LogP contribution in [0.15, 0.2) is 12.4 Å². The molecule has 0 saturated carbocycles. The number of aromatic nitrogens is 4. The number of rotatable bonds is 7. The molecule has 2 aromatic heterocycles. The number of nitrogens with one attached hydrogen (secondary N) is 1. The number of carbonyl (C=O) groups excluding carboxylic acids is 1. The fraction of sp³-hybridized carbons (Fsp3) is 0.562. The second-order valence-corrected chi connectivity index (χ2v) is 5.51. The Bertz CT molecular complexity index is 641. The molecular formula is C16H25N5O. The first-order valence-electron chi connectivity index (χ1n) is 7.78. The quantitative estimate of drug-likeness (QED) is 0.844. The molecule has 0 aliphatic rings. The van der Waals surface area contributed by atoms with Gasteiger partial charge in [-0.3, -0.25) is 9.48 Å². The maximum absolute atomic E-state index is 12.0. The lowest BCUT2D eigenvalue weighted by atomic mass is 10.1. The lowest BCUT2D eigenvalue weighted by molar-refractivity contribution is -0.121. The van der Waals surface area contributed by atoms with Crippen molar-refractivity contribution in [3.8, 4) is 0 Å². The second-order valence-electron chi connectivity index (χ2n) is 5.51. The average molecular weight is 303 g/mol. The van der Waals surface area contributed by atoms with Crippen LogP contribution in [-0.2, 0) is 31.2 Å². The molecule has 0 unspecified atom stereocenters. The zero-order valence-corrected chi connectivity index (χ0v) is 13.9. The van der Waals surface area contributed by atoms with Gasteiger partial charge < -0.3 is 9.88 Å². The first-order chi connectivity index (χ1) is 10.5. The van der Waals surface area contributed by atoms with E-state index in [1.54, 1.807) is 6.20 Å². The van der Waals surface area contributed by atoms with Crippen LogP contribution in [0, 0.1) is 13.8 Å². The highest BCUT2D eigenvalue weighted by Crippen LogP contribution is 2.13. The van der Waals surface area contributed by atoms with Gasteiger partial charge in [-0.25, -0.2) is 4.98 Å². The molecule has 2 aromatic rings. The summed E-state index contributed by atoms with van der Waals surface area (Å²) >= 11 is 0. The highest BCUT2D eigenvalue weighted by atomic mass is 16.1. The minimum absolute atomic E-state index is 0.0841. The summed E-state index contributed by atoms with van der Waals surface area (Å²) < 4.78 is 3.95. The van der Waals surface area contributed by atoms with E-state index in [4.69, 9.17) is 0 Å². The number of aryl methyl sites for hydroxylation is 3. The van der Waals surface area contributed by atoms with Crippen molar-refractivity contribution in [1.82, 2.24) is 24.6 Å². The molecule has 6 heteroatoms. The smallest absolute Gasteiger partial charge is 0.220 e. The molecule has 22 heavy (non-hydrogen) atoms. The zero-order valence-electron chi connectivity index (χ0n) is 13.9. The van der Waals surface area contributed by atoms with Crippen molar-refractivity contribution < 1.29 is 4.79 Å². The summed E-state index contributed by atoms with van der Waals surface area (Å²) in [6.45, 7) is 7.51. The molecule has 0 aliphatic carbocycles. The van der Waals surface area contributed by atoms with Gasteiger partial charge in [0, 0.05) is 51.1 Å². The van der Waals surface area contributed by atoms with Crippen LogP contribution in [0.2, 0.25) is 0 Å². The van der Waals surface area contributed by atoms with Gasteiger partial charge in [0.25, 0.3) is 0 Å². The van der Waals surface area contributed by atoms with Gasteiger partial charge in [-0.15, -0.1) is 0 Å². The second kappa shape index (κ2) is 7.24. The van der Waals surface area contributed by atoms with Gasteiger partial charge in [0.15, 0.2) is 0 Å². The standard InChI is InChI=1S/C16H25N5O/c1-5-15-17-8-10-21(15)11-9-18-16(22)7-6-14-12(2)19-20(4)13(14)3/h8,10H,5-7,9,11H2,1-4H3,(H,18,22). The fourth-order valence-electron chi connectivity index (χ4n) is 2.68. The van der Waals surface area contributed by atoms with E-state index in [2.05, 4.69) is 26.9 Å². The Morgan fingerprint density at radius 1 is 1.36 bits per heavy atom. The van der Waals surface area contributed by atoms with Crippen molar-refractivity contribution >= 4 is 5.91 Å². The largest absolute Gasteiger partial charge is 0.354 e. The molecule has 2 heterocycles. The third-order valence-electron chi connectivity index (χ3n) is 4.05. The van der Waals surface area contributed by atoms with Crippen LogP contribution in [0.5, 0.6) is 0 Å². The summed E-state index contributed by atoms with van der Waals surface area (Å²) in [6.07, 6.45) is 5.89. The van der Waals surface area contributed by atoms with E-state index in [1.165, 1.54) is 5.56 Å². The van der Waals surface area contributed by atoms with Gasteiger partial charge in [-0.05, 0) is 25.8 Å². The predicted molar refractivity (Wildman–Crippen MR) is 85.6 cm³/mol. The monoisotopic (exact) mass is 303 g/mol. The van der Waals surface area contributed by atoms with Gasteiger partial charge in [0.05, 0.1) is 5.69 Å². The van der Waals surface area contributed by atoms with Crippen LogP contribution < -0.4 is 5.32 Å². The molecule has 0 aromatic carbocycles. The van der Waals surface area contributed by atoms with Crippen molar-refractivity contribution in [3.63, 3.8) is 0 Å². The van der Waals surface area contributed by atoms with E-state index in [9.17, 15) is 4.79 Å². The molecule has 0 saturated heterocycles. The maximum atomic E-state index is 12.0. The fourth-order valence-corrected chi connectivity index (χ4v) is 2.68. The van der Waals surface area contributed by atoms with Crippen LogP contribution in [0.25, 0.3) is 0 Å². The summed E-state index contributed by atoms with van der Waals surface area (Å²) in [4.78, 5) is 16.2. The first-order valence-corrected chi connectivity index (χ1v) is 7.78. The topological polar surface area (TPSA) is 64.7 Å². The normalized spacial score (nSPS) is 10.9. The Balaban J connectivity index is 1.76. The average Bonchev–Trinajstić information content (AvgIpc) is 3.03. The molecule has 0 atom stereocenters. The van der Waals surface area contributed by atoms with Crippen molar-refractivity contribution in [2.45, 2.75) is 46.6 Å². The molecule has 0 fully saturated rings. The Kier molecular flexibility index (Phi) is 5.35. The number of amides is 1. The van der Waals surface area contributed by atoms with E-state index in [0.717, 1.165) is 36.6 Å². The first kappa shape index (κ1) is 16.3. The van der Waals surface area contributed by atoms with E-state index >= 15 is 0 Å². The van der Waals surface area contributed by atoms with Crippen molar-refractivity contribution in [2.24, 2.45) is 7.05 Å². The Labute approximate surface area is 131 Å². The van der Waals surface area contributed by atoms with Gasteiger partial charge in [0.1, 0.15) is 5.82 Å². The van der Waals surface area contributed by atoms with Crippen molar-refractivity contribution in [1.29, 1.82) is 0 Å². The molecule has 120 valence electrons. The summed E-state index contributed by atoms with van der Waals surface area (Å²) in [5.74, 6) is 1.14. The Morgan fingerprint density at radius 2 is 2.14 bits per heavy atom. The SMILES string of the molecule is CCc1nccn1CCNC(=O)CCc1c(C)nn(C)c1C. The van der Waals surface area contributed by atoms with E-state index in [1.807, 2.05) is 31.8 Å². The van der Waals surface area contributed by atoms with Crippen LogP contribution in [0.4, 0.5) is 0 Å². The van der Waals surface area contributed by atoms with Crippen molar-refractivity contribution in [2.75, 3.05) is 6.54 Å². The third-order valence-corrected chi connectivity index (χ3v) is 4.05. The van der Waals surface area contributed by atoms with Gasteiger partial charge in [-0.2, -0.15) is 5.10 Å². The Hall–Kier alpha value is -2.11. The number of imidazole rings is 1. The minimum Gasteiger partial charge on any atom is -0.354 e.